The van der Waals surface area contributed by atoms with Gasteiger partial charge in [0, 0.05) is 15.6 Å². The summed E-state index contributed by atoms with van der Waals surface area (Å²) in [6.45, 7) is 0.616. The van der Waals surface area contributed by atoms with Gasteiger partial charge in [-0.1, -0.05) is 15.9 Å². The molecule has 0 spiro atoms. The number of methoxy groups -OCH3 is 1. The molecule has 1 aromatic carbocycles. The third kappa shape index (κ3) is 2.43. The Kier molecular flexibility index (Phi) is 3.66. The number of rotatable bonds is 2. The molecule has 1 atom stereocenters. The SMILES string of the molecule is COC(=O)C(O)c1cc2c(cc1Br)COCO2. The van der Waals surface area contributed by atoms with Gasteiger partial charge in [-0.25, -0.2) is 4.79 Å². The smallest absolute Gasteiger partial charge is 0.339 e. The predicted molar refractivity (Wildman–Crippen MR) is 61.4 cm³/mol. The fraction of sp³-hybridized carbons (Fsp3) is 0.364. The maximum absolute atomic E-state index is 11.3. The number of ether oxygens (including phenoxy) is 3. The van der Waals surface area contributed by atoms with Gasteiger partial charge in [0.25, 0.3) is 0 Å². The van der Waals surface area contributed by atoms with E-state index in [1.54, 1.807) is 12.1 Å². The van der Waals surface area contributed by atoms with Crippen LogP contribution in [0.25, 0.3) is 0 Å². The van der Waals surface area contributed by atoms with Crippen LogP contribution in [-0.4, -0.2) is 25.0 Å². The van der Waals surface area contributed by atoms with Crippen LogP contribution in [0.5, 0.6) is 5.75 Å². The van der Waals surface area contributed by atoms with Crippen molar-refractivity contribution in [2.45, 2.75) is 12.7 Å². The molecule has 6 heteroatoms. The standard InChI is InChI=1S/C11H11BrO5/c1-15-11(14)10(13)7-3-9-6(2-8(7)12)4-16-5-17-9/h2-3,10,13H,4-5H2,1H3. The van der Waals surface area contributed by atoms with E-state index in [1.165, 1.54) is 7.11 Å². The highest BCUT2D eigenvalue weighted by Crippen LogP contribution is 2.33. The van der Waals surface area contributed by atoms with Gasteiger partial charge < -0.3 is 19.3 Å². The third-order valence-corrected chi connectivity index (χ3v) is 3.14. The summed E-state index contributed by atoms with van der Waals surface area (Å²) in [6.07, 6.45) is -1.33. The molecule has 0 aromatic heterocycles. The molecule has 5 nitrogen and oxygen atoms in total. The first-order chi connectivity index (χ1) is 8.13. The number of carbonyl (C=O) groups excluding carboxylic acids is 1. The van der Waals surface area contributed by atoms with Crippen LogP contribution in [0.2, 0.25) is 0 Å². The second-order valence-corrected chi connectivity index (χ2v) is 4.37. The topological polar surface area (TPSA) is 65.0 Å². The number of benzene rings is 1. The van der Waals surface area contributed by atoms with Crippen molar-refractivity contribution in [2.75, 3.05) is 13.9 Å². The van der Waals surface area contributed by atoms with Crippen LogP contribution >= 0.6 is 15.9 Å². The fourth-order valence-corrected chi connectivity index (χ4v) is 2.17. The first kappa shape index (κ1) is 12.3. The highest BCUT2D eigenvalue weighted by Gasteiger charge is 2.23. The number of aliphatic hydroxyl groups excluding tert-OH is 1. The maximum Gasteiger partial charge on any atom is 0.339 e. The molecule has 1 aliphatic heterocycles. The largest absolute Gasteiger partial charge is 0.467 e. The molecular formula is C11H11BrO5. The second kappa shape index (κ2) is 5.03. The Hall–Kier alpha value is -1.11. The van der Waals surface area contributed by atoms with Crippen LogP contribution in [-0.2, 0) is 20.9 Å². The van der Waals surface area contributed by atoms with Crippen LogP contribution in [0.4, 0.5) is 0 Å². The summed E-state index contributed by atoms with van der Waals surface area (Å²) in [4.78, 5) is 11.3. The summed E-state index contributed by atoms with van der Waals surface area (Å²) in [7, 11) is 1.22. The quantitative estimate of drug-likeness (QED) is 0.839. The summed E-state index contributed by atoms with van der Waals surface area (Å²) >= 11 is 3.29. The Morgan fingerprint density at radius 2 is 2.35 bits per heavy atom. The van der Waals surface area contributed by atoms with Gasteiger partial charge in [0.1, 0.15) is 5.75 Å². The van der Waals surface area contributed by atoms with Crippen LogP contribution in [0.3, 0.4) is 0 Å². The molecule has 92 valence electrons. The van der Waals surface area contributed by atoms with Gasteiger partial charge in [-0.05, 0) is 12.1 Å². The normalized spacial score (nSPS) is 15.7. The Labute approximate surface area is 106 Å². The highest BCUT2D eigenvalue weighted by molar-refractivity contribution is 9.10. The predicted octanol–water partition coefficient (Wildman–Crippen LogP) is 1.52. The lowest BCUT2D eigenvalue weighted by Gasteiger charge is -2.20. The third-order valence-electron chi connectivity index (χ3n) is 2.45. The molecule has 0 radical (unpaired) electrons. The average molecular weight is 303 g/mol. The Morgan fingerprint density at radius 3 is 3.06 bits per heavy atom. The zero-order valence-electron chi connectivity index (χ0n) is 9.10. The van der Waals surface area contributed by atoms with Gasteiger partial charge in [0.15, 0.2) is 12.9 Å². The van der Waals surface area contributed by atoms with Crippen LogP contribution < -0.4 is 4.74 Å². The first-order valence-electron chi connectivity index (χ1n) is 4.92. The van der Waals surface area contributed by atoms with E-state index in [0.717, 1.165) is 5.56 Å². The number of hydrogen-bond acceptors (Lipinski definition) is 5. The Bertz CT molecular complexity index is 446. The molecule has 0 aliphatic carbocycles. The molecule has 2 rings (SSSR count). The van der Waals surface area contributed by atoms with Crippen molar-refractivity contribution in [1.82, 2.24) is 0 Å². The van der Waals surface area contributed by atoms with Crippen LogP contribution in [0.15, 0.2) is 16.6 Å². The molecule has 0 bridgehead atoms. The van der Waals surface area contributed by atoms with E-state index in [9.17, 15) is 9.90 Å². The molecule has 1 N–H and O–H groups in total. The maximum atomic E-state index is 11.3. The fourth-order valence-electron chi connectivity index (χ4n) is 1.56. The summed E-state index contributed by atoms with van der Waals surface area (Å²) in [5.74, 6) is -0.102. The van der Waals surface area contributed by atoms with E-state index in [2.05, 4.69) is 20.7 Å². The van der Waals surface area contributed by atoms with Gasteiger partial charge in [0.2, 0.25) is 0 Å². The lowest BCUT2D eigenvalue weighted by atomic mass is 10.1. The van der Waals surface area contributed by atoms with Crippen LogP contribution in [0, 0.1) is 0 Å². The molecular weight excluding hydrogens is 292 g/mol. The van der Waals surface area contributed by atoms with Crippen molar-refractivity contribution in [3.63, 3.8) is 0 Å². The number of carbonyl (C=O) groups is 1. The van der Waals surface area contributed by atoms with Crippen LogP contribution in [0.1, 0.15) is 17.2 Å². The molecule has 0 saturated carbocycles. The number of aliphatic hydroxyl groups is 1. The average Bonchev–Trinajstić information content (AvgIpc) is 2.36. The van der Waals surface area contributed by atoms with Crippen molar-refractivity contribution in [3.05, 3.63) is 27.7 Å². The Balaban J connectivity index is 2.37. The van der Waals surface area contributed by atoms with Crippen molar-refractivity contribution in [2.24, 2.45) is 0 Å². The van der Waals surface area contributed by atoms with Crippen molar-refractivity contribution in [1.29, 1.82) is 0 Å². The van der Waals surface area contributed by atoms with Gasteiger partial charge in [-0.3, -0.25) is 0 Å². The van der Waals surface area contributed by atoms with Gasteiger partial charge >= 0.3 is 5.97 Å². The molecule has 17 heavy (non-hydrogen) atoms. The summed E-state index contributed by atoms with van der Waals surface area (Å²) in [5.41, 5.74) is 1.28. The number of hydrogen-bond donors (Lipinski definition) is 1. The zero-order chi connectivity index (χ0) is 12.4. The molecule has 1 aromatic rings. The van der Waals surface area contributed by atoms with E-state index < -0.39 is 12.1 Å². The molecule has 0 saturated heterocycles. The lowest BCUT2D eigenvalue weighted by Crippen LogP contribution is -2.16. The highest BCUT2D eigenvalue weighted by atomic mass is 79.9. The van der Waals surface area contributed by atoms with E-state index in [0.29, 0.717) is 22.4 Å². The van der Waals surface area contributed by atoms with Gasteiger partial charge in [0.05, 0.1) is 13.7 Å². The monoisotopic (exact) mass is 302 g/mol. The summed E-state index contributed by atoms with van der Waals surface area (Å²) in [5, 5.41) is 9.78. The first-order valence-corrected chi connectivity index (χ1v) is 5.71. The molecule has 1 heterocycles. The van der Waals surface area contributed by atoms with E-state index in [4.69, 9.17) is 9.47 Å². The summed E-state index contributed by atoms with van der Waals surface area (Å²) in [6, 6.07) is 3.37. The van der Waals surface area contributed by atoms with Crippen molar-refractivity contribution in [3.8, 4) is 5.75 Å². The van der Waals surface area contributed by atoms with E-state index in [-0.39, 0.29) is 6.79 Å². The lowest BCUT2D eigenvalue weighted by molar-refractivity contribution is -0.150. The van der Waals surface area contributed by atoms with Crippen molar-refractivity contribution < 1.29 is 24.1 Å². The van der Waals surface area contributed by atoms with Crippen molar-refractivity contribution >= 4 is 21.9 Å². The number of esters is 1. The van der Waals surface area contributed by atoms with E-state index >= 15 is 0 Å². The minimum atomic E-state index is -1.33. The minimum Gasteiger partial charge on any atom is -0.467 e. The Morgan fingerprint density at radius 1 is 1.59 bits per heavy atom. The minimum absolute atomic E-state index is 0.169. The molecule has 1 aliphatic rings. The molecule has 1 unspecified atom stereocenters. The van der Waals surface area contributed by atoms with E-state index in [1.807, 2.05) is 0 Å². The van der Waals surface area contributed by atoms with Gasteiger partial charge in [-0.15, -0.1) is 0 Å². The number of fused-ring (bicyclic) bond motifs is 1. The summed E-state index contributed by atoms with van der Waals surface area (Å²) < 4.78 is 15.5. The molecule has 0 fully saturated rings. The van der Waals surface area contributed by atoms with Gasteiger partial charge in [-0.2, -0.15) is 0 Å². The second-order valence-electron chi connectivity index (χ2n) is 3.52. The number of halogens is 1. The molecule has 0 amide bonds. The zero-order valence-corrected chi connectivity index (χ0v) is 10.7.